The molecule has 4 heteroatoms. The predicted molar refractivity (Wildman–Crippen MR) is 84.4 cm³/mol. The molecule has 2 aromatic carbocycles. The van der Waals surface area contributed by atoms with E-state index in [0.29, 0.717) is 5.75 Å². The molecule has 0 spiro atoms. The number of alkyl halides is 3. The van der Waals surface area contributed by atoms with E-state index in [-0.39, 0.29) is 5.56 Å². The summed E-state index contributed by atoms with van der Waals surface area (Å²) in [6, 6.07) is 11.6. The van der Waals surface area contributed by atoms with E-state index in [0.717, 1.165) is 22.0 Å². The van der Waals surface area contributed by atoms with Crippen molar-refractivity contribution in [1.82, 2.24) is 0 Å². The topological polar surface area (TPSA) is 9.23 Å². The summed E-state index contributed by atoms with van der Waals surface area (Å²) in [5, 5.41) is 0.731. The van der Waals surface area contributed by atoms with Crippen molar-refractivity contribution in [2.45, 2.75) is 25.1 Å². The average Bonchev–Trinajstić information content (AvgIpc) is 2.47. The average molecular weight is 355 g/mol. The van der Waals surface area contributed by atoms with Crippen molar-refractivity contribution in [3.8, 4) is 5.75 Å². The lowest BCUT2D eigenvalue weighted by molar-refractivity contribution is -0.0470. The molecule has 112 valence electrons. The lowest BCUT2D eigenvalue weighted by atomic mass is 10.1. The van der Waals surface area contributed by atoms with Gasteiger partial charge in [-0.1, -0.05) is 58.4 Å². The third-order valence-electron chi connectivity index (χ3n) is 3.27. The number of ether oxygens (including phenoxy) is 1. The van der Waals surface area contributed by atoms with Crippen LogP contribution in [0.1, 0.15) is 22.3 Å². The number of benzene rings is 2. The minimum absolute atomic E-state index is 0.0302. The van der Waals surface area contributed by atoms with Gasteiger partial charge in [0.25, 0.3) is 0 Å². The fraction of sp³-hybridized carbons (Fsp3) is 0.294. The molecule has 0 unspecified atom stereocenters. The Bertz CT molecular complexity index is 588. The first-order chi connectivity index (χ1) is 9.94. The van der Waals surface area contributed by atoms with Gasteiger partial charge in [-0.2, -0.15) is 8.78 Å². The van der Waals surface area contributed by atoms with Gasteiger partial charge in [-0.15, -0.1) is 0 Å². The number of aryl methyl sites for hydroxylation is 2. The van der Waals surface area contributed by atoms with E-state index in [1.807, 2.05) is 26.0 Å². The standard InChI is InChI=1S/C17H17BrF2O/c1-12-8-14(10-18)9-13(2)16(12)21-11-17(19,20)15-6-4-3-5-7-15/h3-9H,10-11H2,1-2H3. The number of rotatable bonds is 5. The van der Waals surface area contributed by atoms with Crippen LogP contribution in [0.4, 0.5) is 8.78 Å². The lowest BCUT2D eigenvalue weighted by Gasteiger charge is -2.20. The molecule has 0 aliphatic rings. The Kier molecular flexibility index (Phi) is 4.99. The van der Waals surface area contributed by atoms with Crippen molar-refractivity contribution in [3.63, 3.8) is 0 Å². The van der Waals surface area contributed by atoms with Crippen LogP contribution in [0, 0.1) is 13.8 Å². The molecule has 0 aromatic heterocycles. The van der Waals surface area contributed by atoms with Crippen LogP contribution < -0.4 is 4.74 Å². The second kappa shape index (κ2) is 6.56. The molecular formula is C17H17BrF2O. The summed E-state index contributed by atoms with van der Waals surface area (Å²) >= 11 is 3.39. The molecule has 0 amide bonds. The van der Waals surface area contributed by atoms with Gasteiger partial charge in [0.15, 0.2) is 6.61 Å². The van der Waals surface area contributed by atoms with Gasteiger partial charge in [-0.3, -0.25) is 0 Å². The highest BCUT2D eigenvalue weighted by molar-refractivity contribution is 9.08. The summed E-state index contributed by atoms with van der Waals surface area (Å²) in [5.74, 6) is -2.47. The van der Waals surface area contributed by atoms with Gasteiger partial charge in [0, 0.05) is 10.9 Å². The van der Waals surface area contributed by atoms with Crippen LogP contribution in [-0.2, 0) is 11.3 Å². The van der Waals surface area contributed by atoms with E-state index in [9.17, 15) is 8.78 Å². The summed E-state index contributed by atoms with van der Waals surface area (Å²) in [7, 11) is 0. The van der Waals surface area contributed by atoms with Crippen molar-refractivity contribution >= 4 is 15.9 Å². The second-order valence-corrected chi connectivity index (χ2v) is 5.61. The van der Waals surface area contributed by atoms with Gasteiger partial charge < -0.3 is 4.74 Å². The molecule has 0 radical (unpaired) electrons. The zero-order valence-electron chi connectivity index (χ0n) is 12.0. The maximum absolute atomic E-state index is 14.1. The SMILES string of the molecule is Cc1cc(CBr)cc(C)c1OCC(F)(F)c1ccccc1. The molecule has 2 rings (SSSR count). The quantitative estimate of drug-likeness (QED) is 0.656. The van der Waals surface area contributed by atoms with Crippen molar-refractivity contribution in [2.75, 3.05) is 6.61 Å². The molecule has 0 atom stereocenters. The largest absolute Gasteiger partial charge is 0.486 e. The van der Waals surface area contributed by atoms with Crippen molar-refractivity contribution in [1.29, 1.82) is 0 Å². The third kappa shape index (κ3) is 3.82. The molecule has 21 heavy (non-hydrogen) atoms. The predicted octanol–water partition coefficient (Wildman–Crippen LogP) is 5.37. The van der Waals surface area contributed by atoms with E-state index in [2.05, 4.69) is 15.9 Å². The van der Waals surface area contributed by atoms with Gasteiger partial charge in [0.05, 0.1) is 0 Å². The summed E-state index contributed by atoms with van der Waals surface area (Å²) in [6.07, 6.45) is 0. The van der Waals surface area contributed by atoms with Crippen LogP contribution in [0.2, 0.25) is 0 Å². The molecule has 2 aromatic rings. The molecule has 0 aliphatic heterocycles. The summed E-state index contributed by atoms with van der Waals surface area (Å²) in [4.78, 5) is 0. The van der Waals surface area contributed by atoms with Gasteiger partial charge >= 0.3 is 5.92 Å². The van der Waals surface area contributed by atoms with Crippen molar-refractivity contribution < 1.29 is 13.5 Å². The molecule has 0 fully saturated rings. The monoisotopic (exact) mass is 354 g/mol. The van der Waals surface area contributed by atoms with Crippen molar-refractivity contribution in [3.05, 3.63) is 64.7 Å². The summed E-state index contributed by atoms with van der Waals surface area (Å²) in [5.41, 5.74) is 2.81. The van der Waals surface area contributed by atoms with E-state index in [1.165, 1.54) is 12.1 Å². The van der Waals surface area contributed by atoms with Crippen LogP contribution in [0.15, 0.2) is 42.5 Å². The molecule has 0 heterocycles. The van der Waals surface area contributed by atoms with E-state index < -0.39 is 12.5 Å². The first-order valence-corrected chi connectivity index (χ1v) is 7.78. The smallest absolute Gasteiger partial charge is 0.306 e. The van der Waals surface area contributed by atoms with Crippen LogP contribution >= 0.6 is 15.9 Å². The van der Waals surface area contributed by atoms with Gasteiger partial charge in [-0.05, 0) is 30.5 Å². The highest BCUT2D eigenvalue weighted by Gasteiger charge is 2.32. The van der Waals surface area contributed by atoms with E-state index >= 15 is 0 Å². The maximum atomic E-state index is 14.1. The minimum atomic E-state index is -3.01. The Balaban J connectivity index is 2.17. The Morgan fingerprint density at radius 2 is 1.62 bits per heavy atom. The van der Waals surface area contributed by atoms with Crippen LogP contribution in [0.3, 0.4) is 0 Å². The fourth-order valence-electron chi connectivity index (χ4n) is 2.27. The van der Waals surface area contributed by atoms with Gasteiger partial charge in [-0.25, -0.2) is 0 Å². The van der Waals surface area contributed by atoms with Crippen LogP contribution in [0.5, 0.6) is 5.75 Å². The Labute approximate surface area is 132 Å². The second-order valence-electron chi connectivity index (χ2n) is 5.05. The highest BCUT2D eigenvalue weighted by Crippen LogP contribution is 2.31. The maximum Gasteiger partial charge on any atom is 0.306 e. The molecule has 0 saturated heterocycles. The Morgan fingerprint density at radius 1 is 1.05 bits per heavy atom. The molecule has 0 N–H and O–H groups in total. The van der Waals surface area contributed by atoms with Crippen molar-refractivity contribution in [2.24, 2.45) is 0 Å². The summed E-state index contributed by atoms with van der Waals surface area (Å²) in [6.45, 7) is 3.08. The minimum Gasteiger partial charge on any atom is -0.486 e. The zero-order valence-corrected chi connectivity index (χ0v) is 13.6. The molecule has 1 nitrogen and oxygen atoms in total. The fourth-order valence-corrected chi connectivity index (χ4v) is 2.60. The lowest BCUT2D eigenvalue weighted by Crippen LogP contribution is -2.23. The molecular weight excluding hydrogens is 338 g/mol. The van der Waals surface area contributed by atoms with Crippen LogP contribution in [0.25, 0.3) is 0 Å². The normalized spacial score (nSPS) is 11.5. The first kappa shape index (κ1) is 16.0. The third-order valence-corrected chi connectivity index (χ3v) is 3.92. The highest BCUT2D eigenvalue weighted by atomic mass is 79.9. The zero-order chi connectivity index (χ0) is 15.5. The summed E-state index contributed by atoms with van der Waals surface area (Å²) < 4.78 is 33.7. The Morgan fingerprint density at radius 3 is 2.14 bits per heavy atom. The van der Waals surface area contributed by atoms with E-state index in [4.69, 9.17) is 4.74 Å². The molecule has 0 saturated carbocycles. The number of hydrogen-bond acceptors (Lipinski definition) is 1. The van der Waals surface area contributed by atoms with Gasteiger partial charge in [0.2, 0.25) is 0 Å². The number of hydrogen-bond donors (Lipinski definition) is 0. The molecule has 0 bridgehead atoms. The van der Waals surface area contributed by atoms with E-state index in [1.54, 1.807) is 18.2 Å². The molecule has 0 aliphatic carbocycles. The Hall–Kier alpha value is -1.42. The first-order valence-electron chi connectivity index (χ1n) is 6.66. The van der Waals surface area contributed by atoms with Gasteiger partial charge in [0.1, 0.15) is 5.75 Å². The number of halogens is 3. The van der Waals surface area contributed by atoms with Crippen LogP contribution in [-0.4, -0.2) is 6.61 Å².